The number of carbonyl (C=O) groups excluding carboxylic acids is 1. The van der Waals surface area contributed by atoms with E-state index in [4.69, 9.17) is 0 Å². The van der Waals surface area contributed by atoms with Crippen LogP contribution in [0, 0.1) is 13.8 Å². The predicted molar refractivity (Wildman–Crippen MR) is 135 cm³/mol. The molecular formula is C26H27N5OS. The molecule has 0 aliphatic rings. The van der Waals surface area contributed by atoms with Gasteiger partial charge in [0.05, 0.1) is 5.75 Å². The van der Waals surface area contributed by atoms with Gasteiger partial charge in [0.25, 0.3) is 0 Å². The molecule has 7 heteroatoms. The molecule has 0 fully saturated rings. The van der Waals surface area contributed by atoms with Crippen LogP contribution >= 0.6 is 11.8 Å². The van der Waals surface area contributed by atoms with Gasteiger partial charge in [0.2, 0.25) is 5.91 Å². The monoisotopic (exact) mass is 457 g/mol. The van der Waals surface area contributed by atoms with Crippen molar-refractivity contribution >= 4 is 29.0 Å². The van der Waals surface area contributed by atoms with Crippen LogP contribution in [-0.2, 0) is 4.79 Å². The Balaban J connectivity index is 1.32. The molecule has 1 amide bonds. The van der Waals surface area contributed by atoms with Crippen molar-refractivity contribution in [3.63, 3.8) is 0 Å². The highest BCUT2D eigenvalue weighted by Crippen LogP contribution is 2.23. The number of nitrogens with one attached hydrogen (secondary N) is 2. The predicted octanol–water partition coefficient (Wildman–Crippen LogP) is 5.79. The van der Waals surface area contributed by atoms with E-state index in [1.165, 1.54) is 28.5 Å². The van der Waals surface area contributed by atoms with E-state index < -0.39 is 0 Å². The molecule has 0 bridgehead atoms. The minimum Gasteiger partial charge on any atom is -0.379 e. The Bertz CT molecular complexity index is 1220. The lowest BCUT2D eigenvalue weighted by molar-refractivity contribution is -0.113. The van der Waals surface area contributed by atoms with E-state index in [0.717, 1.165) is 17.1 Å². The molecule has 0 saturated heterocycles. The van der Waals surface area contributed by atoms with E-state index in [1.54, 1.807) is 6.33 Å². The number of aryl methyl sites for hydroxylation is 2. The van der Waals surface area contributed by atoms with E-state index in [-0.39, 0.29) is 17.7 Å². The van der Waals surface area contributed by atoms with Crippen LogP contribution in [0.25, 0.3) is 5.69 Å². The number of benzene rings is 3. The fourth-order valence-electron chi connectivity index (χ4n) is 3.43. The van der Waals surface area contributed by atoms with E-state index in [9.17, 15) is 4.79 Å². The van der Waals surface area contributed by atoms with Crippen molar-refractivity contribution in [1.29, 1.82) is 0 Å². The van der Waals surface area contributed by atoms with E-state index in [2.05, 4.69) is 65.9 Å². The Morgan fingerprint density at radius 1 is 0.970 bits per heavy atom. The van der Waals surface area contributed by atoms with Crippen molar-refractivity contribution in [3.05, 3.63) is 95.8 Å². The van der Waals surface area contributed by atoms with Crippen molar-refractivity contribution in [2.75, 3.05) is 16.4 Å². The fraction of sp³-hybridized carbons (Fsp3) is 0.192. The molecule has 0 aliphatic heterocycles. The maximum absolute atomic E-state index is 12.5. The zero-order chi connectivity index (χ0) is 23.2. The number of rotatable bonds is 8. The van der Waals surface area contributed by atoms with Gasteiger partial charge in [-0.15, -0.1) is 10.2 Å². The zero-order valence-corrected chi connectivity index (χ0v) is 19.8. The van der Waals surface area contributed by atoms with Crippen LogP contribution in [0.4, 0.5) is 11.4 Å². The van der Waals surface area contributed by atoms with Crippen LogP contribution in [0.15, 0.2) is 84.3 Å². The Kier molecular flexibility index (Phi) is 7.10. The Labute approximate surface area is 198 Å². The van der Waals surface area contributed by atoms with Crippen LogP contribution in [0.1, 0.15) is 29.7 Å². The SMILES string of the molecule is Cc1ccc(-n2cnnc2SCC(=O)Nc2ccc(NC(C)c3ccccc3)cc2)cc1C. The molecule has 2 N–H and O–H groups in total. The molecule has 0 spiro atoms. The quantitative estimate of drug-likeness (QED) is 0.328. The summed E-state index contributed by atoms with van der Waals surface area (Å²) in [5, 5.41) is 15.3. The van der Waals surface area contributed by atoms with Crippen molar-refractivity contribution in [1.82, 2.24) is 14.8 Å². The van der Waals surface area contributed by atoms with Crippen LogP contribution in [0.3, 0.4) is 0 Å². The van der Waals surface area contributed by atoms with Crippen LogP contribution < -0.4 is 10.6 Å². The first-order chi connectivity index (χ1) is 16.0. The Morgan fingerprint density at radius 3 is 2.42 bits per heavy atom. The lowest BCUT2D eigenvalue weighted by Gasteiger charge is -2.16. The molecule has 3 aromatic carbocycles. The summed E-state index contributed by atoms with van der Waals surface area (Å²) in [6.45, 7) is 6.28. The third-order valence-corrected chi connectivity index (χ3v) is 6.41. The number of nitrogens with zero attached hydrogens (tertiary/aromatic N) is 3. The summed E-state index contributed by atoms with van der Waals surface area (Å²) in [6.07, 6.45) is 1.67. The zero-order valence-electron chi connectivity index (χ0n) is 18.9. The first-order valence-corrected chi connectivity index (χ1v) is 11.8. The molecule has 1 heterocycles. The molecule has 4 aromatic rings. The summed E-state index contributed by atoms with van der Waals surface area (Å²) in [6, 6.07) is 24.4. The molecule has 0 aliphatic carbocycles. The first kappa shape index (κ1) is 22.6. The van der Waals surface area contributed by atoms with E-state index in [0.29, 0.717) is 5.16 Å². The van der Waals surface area contributed by atoms with Crippen molar-refractivity contribution in [3.8, 4) is 5.69 Å². The van der Waals surface area contributed by atoms with Gasteiger partial charge in [-0.2, -0.15) is 0 Å². The minimum absolute atomic E-state index is 0.0898. The lowest BCUT2D eigenvalue weighted by atomic mass is 10.1. The topological polar surface area (TPSA) is 71.8 Å². The minimum atomic E-state index is -0.0898. The highest BCUT2D eigenvalue weighted by Gasteiger charge is 2.11. The number of thioether (sulfide) groups is 1. The highest BCUT2D eigenvalue weighted by atomic mass is 32.2. The molecule has 6 nitrogen and oxygen atoms in total. The molecule has 4 rings (SSSR count). The third-order valence-electron chi connectivity index (χ3n) is 5.47. The molecule has 33 heavy (non-hydrogen) atoms. The number of aromatic nitrogens is 3. The molecule has 1 aromatic heterocycles. The van der Waals surface area contributed by atoms with Gasteiger partial charge in [-0.05, 0) is 73.9 Å². The summed E-state index contributed by atoms with van der Waals surface area (Å²) in [5.74, 6) is 0.155. The highest BCUT2D eigenvalue weighted by molar-refractivity contribution is 7.99. The number of carbonyl (C=O) groups is 1. The molecule has 168 valence electrons. The lowest BCUT2D eigenvalue weighted by Crippen LogP contribution is -2.14. The van der Waals surface area contributed by atoms with Crippen LogP contribution in [0.2, 0.25) is 0 Å². The van der Waals surface area contributed by atoms with Crippen molar-refractivity contribution in [2.24, 2.45) is 0 Å². The molecule has 0 saturated carbocycles. The first-order valence-electron chi connectivity index (χ1n) is 10.8. The number of hydrogen-bond acceptors (Lipinski definition) is 5. The van der Waals surface area contributed by atoms with Gasteiger partial charge >= 0.3 is 0 Å². The van der Waals surface area contributed by atoms with Gasteiger partial charge in [0.1, 0.15) is 6.33 Å². The largest absolute Gasteiger partial charge is 0.379 e. The molecular weight excluding hydrogens is 430 g/mol. The maximum atomic E-state index is 12.5. The fourth-order valence-corrected chi connectivity index (χ4v) is 4.16. The molecule has 1 atom stereocenters. The summed E-state index contributed by atoms with van der Waals surface area (Å²) in [4.78, 5) is 12.5. The van der Waals surface area contributed by atoms with Gasteiger partial charge in [-0.25, -0.2) is 0 Å². The van der Waals surface area contributed by atoms with E-state index in [1.807, 2.05) is 53.1 Å². The van der Waals surface area contributed by atoms with Crippen LogP contribution in [-0.4, -0.2) is 26.4 Å². The normalized spacial score (nSPS) is 11.7. The second-order valence-electron chi connectivity index (χ2n) is 7.94. The van der Waals surface area contributed by atoms with Gasteiger partial charge in [0.15, 0.2) is 5.16 Å². The second kappa shape index (κ2) is 10.4. The van der Waals surface area contributed by atoms with Gasteiger partial charge in [0, 0.05) is 23.1 Å². The summed E-state index contributed by atoms with van der Waals surface area (Å²) >= 11 is 1.36. The third kappa shape index (κ3) is 5.81. The Morgan fingerprint density at radius 2 is 1.70 bits per heavy atom. The summed E-state index contributed by atoms with van der Waals surface area (Å²) in [5.41, 5.74) is 6.40. The Hall–Kier alpha value is -3.58. The average molecular weight is 458 g/mol. The average Bonchev–Trinajstić information content (AvgIpc) is 3.30. The summed E-state index contributed by atoms with van der Waals surface area (Å²) < 4.78 is 1.90. The summed E-state index contributed by atoms with van der Waals surface area (Å²) in [7, 11) is 0. The van der Waals surface area contributed by atoms with E-state index >= 15 is 0 Å². The molecule has 1 unspecified atom stereocenters. The maximum Gasteiger partial charge on any atom is 0.234 e. The van der Waals surface area contributed by atoms with Gasteiger partial charge in [-0.3, -0.25) is 9.36 Å². The molecule has 0 radical (unpaired) electrons. The number of anilines is 2. The van der Waals surface area contributed by atoms with Crippen LogP contribution in [0.5, 0.6) is 0 Å². The van der Waals surface area contributed by atoms with Crippen molar-refractivity contribution < 1.29 is 4.79 Å². The van der Waals surface area contributed by atoms with Gasteiger partial charge < -0.3 is 10.6 Å². The number of hydrogen-bond donors (Lipinski definition) is 2. The second-order valence-corrected chi connectivity index (χ2v) is 8.89. The number of amides is 1. The standard InChI is InChI=1S/C26H27N5OS/c1-18-9-14-24(15-19(18)2)31-17-27-30-26(31)33-16-25(32)29-23-12-10-22(11-13-23)28-20(3)21-7-5-4-6-8-21/h4-15,17,20,28H,16H2,1-3H3,(H,29,32). The smallest absolute Gasteiger partial charge is 0.234 e. The van der Waals surface area contributed by atoms with Gasteiger partial charge in [-0.1, -0.05) is 48.2 Å². The van der Waals surface area contributed by atoms with Crippen molar-refractivity contribution in [2.45, 2.75) is 32.0 Å².